The van der Waals surface area contributed by atoms with Crippen molar-refractivity contribution in [1.29, 1.82) is 0 Å². The normalized spacial score (nSPS) is 22.2. The number of ether oxygens (including phenoxy) is 1. The molecule has 0 saturated carbocycles. The zero-order chi connectivity index (χ0) is 24.6. The second-order valence-corrected chi connectivity index (χ2v) is 9.46. The van der Waals surface area contributed by atoms with Crippen molar-refractivity contribution < 1.29 is 27.5 Å². The number of hydrogen-bond donors (Lipinski definition) is 1. The molecule has 0 bridgehead atoms. The Balaban J connectivity index is 1.61. The van der Waals surface area contributed by atoms with Crippen molar-refractivity contribution in [3.05, 3.63) is 71.5 Å². The van der Waals surface area contributed by atoms with Crippen LogP contribution in [0.2, 0.25) is 0 Å². The Morgan fingerprint density at radius 3 is 2.29 bits per heavy atom. The third kappa shape index (κ3) is 4.18. The molecule has 4 rings (SSSR count). The highest BCUT2D eigenvalue weighted by molar-refractivity contribution is 6.24. The summed E-state index contributed by atoms with van der Waals surface area (Å²) in [7, 11) is 1.04. The monoisotopic (exact) mass is 494 g/mol. The molecule has 2 amide bonds. The van der Waals surface area contributed by atoms with Gasteiger partial charge in [-0.25, -0.2) is 4.39 Å². The van der Waals surface area contributed by atoms with Gasteiger partial charge in [0.2, 0.25) is 5.91 Å². The largest absolute Gasteiger partial charge is 0.363 e. The SMILES string of the molecule is COC(C(=O)N1CCC2(CC1)CC(=O)NC[C@H]2c1ccc(F)cc1)(c1ccccc1)C(F)(F)Cl. The molecule has 34 heavy (non-hydrogen) atoms. The molecule has 2 atom stereocenters. The number of rotatable bonds is 5. The van der Waals surface area contributed by atoms with E-state index >= 15 is 0 Å². The highest BCUT2D eigenvalue weighted by atomic mass is 35.5. The van der Waals surface area contributed by atoms with Gasteiger partial charge in [-0.15, -0.1) is 0 Å². The molecule has 2 saturated heterocycles. The van der Waals surface area contributed by atoms with Gasteiger partial charge in [0.25, 0.3) is 11.5 Å². The van der Waals surface area contributed by atoms with Gasteiger partial charge < -0.3 is 15.0 Å². The molecule has 9 heteroatoms. The number of methoxy groups -OCH3 is 1. The maximum absolute atomic E-state index is 14.8. The molecule has 2 aliphatic rings. The van der Waals surface area contributed by atoms with Crippen LogP contribution < -0.4 is 5.32 Å². The summed E-state index contributed by atoms with van der Waals surface area (Å²) in [5.41, 5.74) is -2.29. The average molecular weight is 495 g/mol. The lowest BCUT2D eigenvalue weighted by Crippen LogP contribution is -2.60. The van der Waals surface area contributed by atoms with Crippen LogP contribution in [-0.2, 0) is 19.9 Å². The Morgan fingerprint density at radius 2 is 1.74 bits per heavy atom. The van der Waals surface area contributed by atoms with Crippen LogP contribution >= 0.6 is 11.6 Å². The second-order valence-electron chi connectivity index (χ2n) is 8.99. The lowest BCUT2D eigenvalue weighted by Gasteiger charge is -2.50. The molecular formula is C25H26ClF3N2O3. The number of alkyl halides is 3. The van der Waals surface area contributed by atoms with Gasteiger partial charge >= 0.3 is 5.38 Å². The molecule has 0 radical (unpaired) electrons. The first kappa shape index (κ1) is 24.5. The minimum absolute atomic E-state index is 0.0379. The predicted octanol–water partition coefficient (Wildman–Crippen LogP) is 4.41. The van der Waals surface area contributed by atoms with Crippen molar-refractivity contribution in [2.24, 2.45) is 5.41 Å². The van der Waals surface area contributed by atoms with E-state index in [1.165, 1.54) is 41.3 Å². The highest BCUT2D eigenvalue weighted by Gasteiger charge is 2.62. The molecule has 0 aliphatic carbocycles. The minimum atomic E-state index is -4.00. The van der Waals surface area contributed by atoms with E-state index < -0.39 is 22.3 Å². The summed E-state index contributed by atoms with van der Waals surface area (Å²) >= 11 is 5.49. The third-order valence-corrected chi connectivity index (χ3v) is 7.53. The van der Waals surface area contributed by atoms with Crippen LogP contribution in [0.25, 0.3) is 0 Å². The van der Waals surface area contributed by atoms with E-state index in [0.29, 0.717) is 19.4 Å². The summed E-state index contributed by atoms with van der Waals surface area (Å²) in [6.45, 7) is 0.716. The molecule has 1 spiro atoms. The van der Waals surface area contributed by atoms with Gasteiger partial charge in [0.15, 0.2) is 0 Å². The maximum atomic E-state index is 14.8. The first-order chi connectivity index (χ1) is 16.1. The molecule has 2 aromatic rings. The predicted molar refractivity (Wildman–Crippen MR) is 121 cm³/mol. The molecule has 1 N–H and O–H groups in total. The van der Waals surface area contributed by atoms with Crippen molar-refractivity contribution in [2.45, 2.75) is 36.2 Å². The fourth-order valence-corrected chi connectivity index (χ4v) is 5.68. The Kier molecular flexibility index (Phi) is 6.66. The van der Waals surface area contributed by atoms with Gasteiger partial charge in [0.1, 0.15) is 5.82 Å². The number of carbonyl (C=O) groups excluding carboxylic acids is 2. The number of nitrogens with zero attached hydrogens (tertiary/aromatic N) is 1. The van der Waals surface area contributed by atoms with E-state index in [-0.39, 0.29) is 42.7 Å². The van der Waals surface area contributed by atoms with Gasteiger partial charge in [-0.05, 0) is 47.6 Å². The fourth-order valence-electron chi connectivity index (χ4n) is 5.41. The molecule has 182 valence electrons. The van der Waals surface area contributed by atoms with Gasteiger partial charge in [0.05, 0.1) is 0 Å². The Morgan fingerprint density at radius 1 is 1.12 bits per heavy atom. The van der Waals surface area contributed by atoms with Crippen LogP contribution in [-0.4, -0.2) is 48.8 Å². The van der Waals surface area contributed by atoms with Crippen LogP contribution in [0.15, 0.2) is 54.6 Å². The summed E-state index contributed by atoms with van der Waals surface area (Å²) < 4.78 is 48.2. The van der Waals surface area contributed by atoms with Gasteiger partial charge in [-0.1, -0.05) is 42.5 Å². The molecule has 0 aromatic heterocycles. The quantitative estimate of drug-likeness (QED) is 0.626. The number of carbonyl (C=O) groups is 2. The molecule has 2 fully saturated rings. The summed E-state index contributed by atoms with van der Waals surface area (Å²) in [5.74, 6) is -1.45. The van der Waals surface area contributed by atoms with Crippen molar-refractivity contribution in [3.63, 3.8) is 0 Å². The van der Waals surface area contributed by atoms with Crippen LogP contribution in [0.5, 0.6) is 0 Å². The van der Waals surface area contributed by atoms with E-state index in [9.17, 15) is 22.8 Å². The molecule has 1 unspecified atom stereocenters. The van der Waals surface area contributed by atoms with Gasteiger partial charge in [0, 0.05) is 44.6 Å². The van der Waals surface area contributed by atoms with E-state index in [1.54, 1.807) is 18.2 Å². The number of likely N-dealkylation sites (tertiary alicyclic amines) is 1. The number of nitrogens with one attached hydrogen (secondary N) is 1. The number of piperidine rings is 2. The number of halogens is 4. The molecule has 2 heterocycles. The van der Waals surface area contributed by atoms with E-state index in [2.05, 4.69) is 5.32 Å². The molecule has 5 nitrogen and oxygen atoms in total. The van der Waals surface area contributed by atoms with Crippen LogP contribution in [0.3, 0.4) is 0 Å². The smallest absolute Gasteiger partial charge is 0.358 e. The number of hydrogen-bond acceptors (Lipinski definition) is 3. The van der Waals surface area contributed by atoms with E-state index in [0.717, 1.165) is 12.7 Å². The van der Waals surface area contributed by atoms with Crippen LogP contribution in [0, 0.1) is 11.2 Å². The first-order valence-electron chi connectivity index (χ1n) is 11.1. The van der Waals surface area contributed by atoms with Crippen molar-refractivity contribution >= 4 is 23.4 Å². The summed E-state index contributed by atoms with van der Waals surface area (Å²) in [6, 6.07) is 13.7. The van der Waals surface area contributed by atoms with E-state index in [1.807, 2.05) is 0 Å². The Hall–Kier alpha value is -2.58. The van der Waals surface area contributed by atoms with Gasteiger partial charge in [-0.3, -0.25) is 9.59 Å². The zero-order valence-electron chi connectivity index (χ0n) is 18.7. The lowest BCUT2D eigenvalue weighted by molar-refractivity contribution is -0.191. The highest BCUT2D eigenvalue weighted by Crippen LogP contribution is 2.50. The zero-order valence-corrected chi connectivity index (χ0v) is 19.5. The fraction of sp³-hybridized carbons (Fsp3) is 0.440. The second kappa shape index (κ2) is 9.23. The standard InChI is InChI=1S/C25H26ClF3N2O3/c1-34-24(25(26,28)29,18-5-3-2-4-6-18)22(33)31-13-11-23(12-14-31)15-21(32)30-16-20(23)17-7-9-19(27)10-8-17/h2-10,20H,11-16H2,1H3,(H,30,32)/t20-,24?/m0/s1. The van der Waals surface area contributed by atoms with Gasteiger partial charge in [-0.2, -0.15) is 8.78 Å². The Labute approximate surface area is 201 Å². The average Bonchev–Trinajstić information content (AvgIpc) is 2.81. The number of benzene rings is 2. The van der Waals surface area contributed by atoms with Crippen molar-refractivity contribution in [2.75, 3.05) is 26.7 Å². The molecular weight excluding hydrogens is 469 g/mol. The summed E-state index contributed by atoms with van der Waals surface area (Å²) in [5, 5.41) is -1.13. The molecule has 2 aliphatic heterocycles. The van der Waals surface area contributed by atoms with Crippen LogP contribution in [0.4, 0.5) is 13.2 Å². The van der Waals surface area contributed by atoms with Crippen molar-refractivity contribution in [1.82, 2.24) is 10.2 Å². The molecule has 2 aromatic carbocycles. The maximum Gasteiger partial charge on any atom is 0.363 e. The topological polar surface area (TPSA) is 58.6 Å². The summed E-state index contributed by atoms with van der Waals surface area (Å²) in [4.78, 5) is 27.2. The third-order valence-electron chi connectivity index (χ3n) is 7.26. The number of amides is 2. The van der Waals surface area contributed by atoms with Crippen LogP contribution in [0.1, 0.15) is 36.3 Å². The summed E-state index contributed by atoms with van der Waals surface area (Å²) in [6.07, 6.45) is 1.10. The first-order valence-corrected chi connectivity index (χ1v) is 11.5. The Bertz CT molecular complexity index is 1040. The lowest BCUT2D eigenvalue weighted by atomic mass is 9.62. The van der Waals surface area contributed by atoms with Crippen molar-refractivity contribution in [3.8, 4) is 0 Å². The van der Waals surface area contributed by atoms with E-state index in [4.69, 9.17) is 16.3 Å². The minimum Gasteiger partial charge on any atom is -0.358 e.